The highest BCUT2D eigenvalue weighted by molar-refractivity contribution is 7.88. The van der Waals surface area contributed by atoms with Crippen LogP contribution in [-0.4, -0.2) is 86.2 Å². The van der Waals surface area contributed by atoms with Gasteiger partial charge in [-0.3, -0.25) is 9.69 Å². The molecule has 1 amide bonds. The molecule has 1 aromatic rings. The van der Waals surface area contributed by atoms with Gasteiger partial charge in [-0.1, -0.05) is 0 Å². The van der Waals surface area contributed by atoms with Gasteiger partial charge in [0.25, 0.3) is 5.91 Å². The minimum absolute atomic E-state index is 0.143. The molecule has 27 heavy (non-hydrogen) atoms. The van der Waals surface area contributed by atoms with Crippen molar-refractivity contribution in [1.82, 2.24) is 19.5 Å². The summed E-state index contributed by atoms with van der Waals surface area (Å²) in [6.45, 7) is 3.95. The van der Waals surface area contributed by atoms with E-state index in [0.717, 1.165) is 45.4 Å². The second-order valence-corrected chi connectivity index (χ2v) is 9.81. The molecule has 1 aromatic heterocycles. The summed E-state index contributed by atoms with van der Waals surface area (Å²) < 4.78 is 30.6. The van der Waals surface area contributed by atoms with Gasteiger partial charge >= 0.3 is 0 Å². The zero-order valence-electron chi connectivity index (χ0n) is 15.7. The number of piperidine rings is 1. The third-order valence-electron chi connectivity index (χ3n) is 5.34. The molecule has 152 valence electrons. The van der Waals surface area contributed by atoms with Crippen molar-refractivity contribution in [3.63, 3.8) is 0 Å². The number of thiazole rings is 1. The Bertz CT molecular complexity index is 697. The van der Waals surface area contributed by atoms with Crippen LogP contribution < -0.4 is 5.32 Å². The number of amides is 1. The summed E-state index contributed by atoms with van der Waals surface area (Å²) >= 11 is 1.41. The van der Waals surface area contributed by atoms with Gasteiger partial charge in [-0.15, -0.1) is 11.3 Å². The fourth-order valence-corrected chi connectivity index (χ4v) is 5.31. The first-order valence-electron chi connectivity index (χ1n) is 9.40. The average molecular weight is 417 g/mol. The van der Waals surface area contributed by atoms with Gasteiger partial charge in [0.15, 0.2) is 0 Å². The zero-order chi connectivity index (χ0) is 19.3. The third kappa shape index (κ3) is 5.71. The average Bonchev–Trinajstić information content (AvgIpc) is 3.20. The summed E-state index contributed by atoms with van der Waals surface area (Å²) in [7, 11) is -3.12. The lowest BCUT2D eigenvalue weighted by Crippen LogP contribution is -2.53. The Morgan fingerprint density at radius 3 is 2.56 bits per heavy atom. The van der Waals surface area contributed by atoms with E-state index in [1.807, 2.05) is 0 Å². The minimum Gasteiger partial charge on any atom is -0.381 e. The predicted molar refractivity (Wildman–Crippen MR) is 104 cm³/mol. The molecule has 2 aliphatic heterocycles. The molecule has 0 spiro atoms. The number of hydrogen-bond acceptors (Lipinski definition) is 7. The molecule has 0 unspecified atom stereocenters. The van der Waals surface area contributed by atoms with E-state index in [2.05, 4.69) is 15.2 Å². The second-order valence-electron chi connectivity index (χ2n) is 7.10. The maximum Gasteiger partial charge on any atom is 0.270 e. The van der Waals surface area contributed by atoms with Crippen molar-refractivity contribution in [3.8, 4) is 0 Å². The predicted octanol–water partition coefficient (Wildman–Crippen LogP) is 0.778. The van der Waals surface area contributed by atoms with Crippen molar-refractivity contribution in [2.45, 2.75) is 37.8 Å². The zero-order valence-corrected chi connectivity index (χ0v) is 17.3. The Kier molecular flexibility index (Phi) is 7.21. The Morgan fingerprint density at radius 1 is 1.30 bits per heavy atom. The summed E-state index contributed by atoms with van der Waals surface area (Å²) in [4.78, 5) is 18.6. The van der Waals surface area contributed by atoms with E-state index in [4.69, 9.17) is 4.74 Å². The highest BCUT2D eigenvalue weighted by atomic mass is 32.2. The maximum absolute atomic E-state index is 12.1. The van der Waals surface area contributed by atoms with E-state index in [1.54, 1.807) is 15.2 Å². The highest BCUT2D eigenvalue weighted by Gasteiger charge is 2.32. The number of carbonyl (C=O) groups is 1. The fraction of sp³-hybridized carbons (Fsp3) is 0.765. The number of hydrogen-bond donors (Lipinski definition) is 1. The summed E-state index contributed by atoms with van der Waals surface area (Å²) in [6.07, 6.45) is 4.88. The van der Waals surface area contributed by atoms with Gasteiger partial charge in [-0.2, -0.15) is 0 Å². The lowest BCUT2D eigenvalue weighted by atomic mass is 9.98. The Labute approximate surface area is 164 Å². The lowest BCUT2D eigenvalue weighted by molar-refractivity contribution is 0.00747. The molecule has 1 N–H and O–H groups in total. The van der Waals surface area contributed by atoms with Crippen LogP contribution in [0.4, 0.5) is 0 Å². The Morgan fingerprint density at radius 2 is 1.96 bits per heavy atom. The molecule has 0 atom stereocenters. The monoisotopic (exact) mass is 416 g/mol. The molecule has 3 heterocycles. The number of rotatable bonds is 7. The maximum atomic E-state index is 12.1. The Balaban J connectivity index is 1.57. The van der Waals surface area contributed by atoms with Gasteiger partial charge < -0.3 is 10.1 Å². The van der Waals surface area contributed by atoms with Crippen molar-refractivity contribution in [3.05, 3.63) is 16.6 Å². The van der Waals surface area contributed by atoms with E-state index < -0.39 is 10.0 Å². The largest absolute Gasteiger partial charge is 0.381 e. The molecule has 0 bridgehead atoms. The van der Waals surface area contributed by atoms with Crippen LogP contribution in [0.3, 0.4) is 0 Å². The second kappa shape index (κ2) is 9.42. The molecular weight excluding hydrogens is 388 g/mol. The van der Waals surface area contributed by atoms with Gasteiger partial charge in [0.1, 0.15) is 5.69 Å². The number of carbonyl (C=O) groups excluding carboxylic acids is 1. The van der Waals surface area contributed by atoms with Crippen molar-refractivity contribution in [1.29, 1.82) is 0 Å². The molecule has 8 nitrogen and oxygen atoms in total. The number of nitrogens with one attached hydrogen (secondary N) is 1. The first-order valence-corrected chi connectivity index (χ1v) is 12.2. The van der Waals surface area contributed by atoms with Crippen LogP contribution in [0.25, 0.3) is 0 Å². The van der Waals surface area contributed by atoms with Gasteiger partial charge in [0.2, 0.25) is 10.0 Å². The topological polar surface area (TPSA) is 91.8 Å². The molecular formula is C17H28N4O4S2. The SMILES string of the molecule is CS(=O)(=O)N1CCC(N(CCNC(=O)c2cscn2)C2CCOCC2)CC1. The lowest BCUT2D eigenvalue weighted by Gasteiger charge is -2.43. The molecule has 10 heteroatoms. The molecule has 2 saturated heterocycles. The van der Waals surface area contributed by atoms with Gasteiger partial charge in [0, 0.05) is 56.9 Å². The molecule has 0 radical (unpaired) electrons. The number of ether oxygens (including phenoxy) is 1. The van der Waals surface area contributed by atoms with Crippen molar-refractivity contribution in [2.24, 2.45) is 0 Å². The standard InChI is InChI=1S/C17H28N4O4S2/c1-27(23,24)20-7-2-14(3-8-20)21(15-4-10-25-11-5-15)9-6-18-17(22)16-12-26-13-19-16/h12-15H,2-11H2,1H3,(H,18,22). The summed E-state index contributed by atoms with van der Waals surface area (Å²) in [5, 5.41) is 4.70. The van der Waals surface area contributed by atoms with E-state index in [-0.39, 0.29) is 5.91 Å². The highest BCUT2D eigenvalue weighted by Crippen LogP contribution is 2.24. The smallest absolute Gasteiger partial charge is 0.270 e. The number of sulfonamides is 1. The summed E-state index contributed by atoms with van der Waals surface area (Å²) in [5.41, 5.74) is 2.11. The van der Waals surface area contributed by atoms with Gasteiger partial charge in [0.05, 0.1) is 11.8 Å². The van der Waals surface area contributed by atoms with Crippen LogP contribution >= 0.6 is 11.3 Å². The normalized spacial score (nSPS) is 20.8. The molecule has 2 fully saturated rings. The van der Waals surface area contributed by atoms with Gasteiger partial charge in [-0.25, -0.2) is 17.7 Å². The van der Waals surface area contributed by atoms with Crippen LogP contribution in [0.5, 0.6) is 0 Å². The van der Waals surface area contributed by atoms with Crippen LogP contribution in [-0.2, 0) is 14.8 Å². The molecule has 0 aliphatic carbocycles. The third-order valence-corrected chi connectivity index (χ3v) is 7.23. The van der Waals surface area contributed by atoms with E-state index >= 15 is 0 Å². The quantitative estimate of drug-likeness (QED) is 0.706. The van der Waals surface area contributed by atoms with Crippen LogP contribution in [0.1, 0.15) is 36.2 Å². The summed E-state index contributed by atoms with van der Waals surface area (Å²) in [6, 6.07) is 0.756. The number of aromatic nitrogens is 1. The number of nitrogens with zero attached hydrogens (tertiary/aromatic N) is 3. The van der Waals surface area contributed by atoms with Crippen molar-refractivity contribution >= 4 is 27.3 Å². The molecule has 2 aliphatic rings. The van der Waals surface area contributed by atoms with E-state index in [9.17, 15) is 13.2 Å². The van der Waals surface area contributed by atoms with Crippen LogP contribution in [0.15, 0.2) is 10.9 Å². The van der Waals surface area contributed by atoms with Crippen LogP contribution in [0.2, 0.25) is 0 Å². The van der Waals surface area contributed by atoms with Crippen molar-refractivity contribution in [2.75, 3.05) is 45.6 Å². The minimum atomic E-state index is -3.12. The first-order chi connectivity index (χ1) is 12.9. The summed E-state index contributed by atoms with van der Waals surface area (Å²) in [5.74, 6) is -0.143. The fourth-order valence-electron chi connectivity index (χ4n) is 3.90. The van der Waals surface area contributed by atoms with E-state index in [1.165, 1.54) is 17.6 Å². The van der Waals surface area contributed by atoms with Gasteiger partial charge in [-0.05, 0) is 25.7 Å². The van der Waals surface area contributed by atoms with E-state index in [0.29, 0.717) is 37.4 Å². The Hall–Kier alpha value is -1.07. The van der Waals surface area contributed by atoms with Crippen molar-refractivity contribution < 1.29 is 17.9 Å². The first kappa shape index (κ1) is 20.7. The molecule has 0 aromatic carbocycles. The van der Waals surface area contributed by atoms with Crippen LogP contribution in [0, 0.1) is 0 Å². The molecule has 3 rings (SSSR count). The molecule has 0 saturated carbocycles.